The van der Waals surface area contributed by atoms with E-state index in [1.54, 1.807) is 13.2 Å². The molecule has 1 aliphatic rings. The average molecular weight is 368 g/mol. The normalized spacial score (nSPS) is 15.3. The van der Waals surface area contributed by atoms with Crippen LogP contribution in [-0.2, 0) is 0 Å². The average Bonchev–Trinajstić information content (AvgIpc) is 3.23. The smallest absolute Gasteiger partial charge is 0.251 e. The van der Waals surface area contributed by atoms with E-state index in [9.17, 15) is 4.79 Å². The fraction of sp³-hybridized carbons (Fsp3) is 0.409. The van der Waals surface area contributed by atoms with Crippen LogP contribution in [0.4, 0.5) is 0 Å². The van der Waals surface area contributed by atoms with E-state index in [2.05, 4.69) is 22.3 Å². The number of nitrogens with one attached hydrogen (secondary N) is 1. The van der Waals surface area contributed by atoms with Crippen LogP contribution in [0.5, 0.6) is 11.5 Å². The lowest BCUT2D eigenvalue weighted by atomic mass is 10.0. The molecule has 0 saturated carbocycles. The largest absolute Gasteiger partial charge is 0.497 e. The molecule has 0 spiro atoms. The minimum absolute atomic E-state index is 0.0748. The summed E-state index contributed by atoms with van der Waals surface area (Å²) >= 11 is 0. The molecule has 1 unspecified atom stereocenters. The minimum Gasteiger partial charge on any atom is -0.497 e. The van der Waals surface area contributed by atoms with Gasteiger partial charge in [0.15, 0.2) is 0 Å². The number of likely N-dealkylation sites (tertiary alicyclic amines) is 1. The third-order valence-electron chi connectivity index (χ3n) is 4.95. The molecule has 2 aromatic carbocycles. The van der Waals surface area contributed by atoms with E-state index in [0.29, 0.717) is 18.7 Å². The number of carbonyl (C=O) groups is 1. The van der Waals surface area contributed by atoms with Gasteiger partial charge in [0.25, 0.3) is 5.91 Å². The first-order valence-corrected chi connectivity index (χ1v) is 9.60. The van der Waals surface area contributed by atoms with E-state index in [4.69, 9.17) is 9.47 Å². The topological polar surface area (TPSA) is 50.8 Å². The summed E-state index contributed by atoms with van der Waals surface area (Å²) in [5, 5.41) is 3.10. The van der Waals surface area contributed by atoms with Gasteiger partial charge in [0.1, 0.15) is 11.5 Å². The first kappa shape index (κ1) is 19.2. The summed E-state index contributed by atoms with van der Waals surface area (Å²) in [5.41, 5.74) is 1.82. The van der Waals surface area contributed by atoms with E-state index < -0.39 is 0 Å². The van der Waals surface area contributed by atoms with Crippen molar-refractivity contribution in [2.24, 2.45) is 0 Å². The molecule has 0 aromatic heterocycles. The van der Waals surface area contributed by atoms with Gasteiger partial charge in [-0.2, -0.15) is 0 Å². The van der Waals surface area contributed by atoms with Crippen LogP contribution in [-0.4, -0.2) is 44.2 Å². The van der Waals surface area contributed by atoms with Crippen molar-refractivity contribution in [3.05, 3.63) is 59.7 Å². The van der Waals surface area contributed by atoms with E-state index in [0.717, 1.165) is 24.6 Å². The van der Waals surface area contributed by atoms with Gasteiger partial charge >= 0.3 is 0 Å². The number of carbonyl (C=O) groups excluding carboxylic acids is 1. The quantitative estimate of drug-likeness (QED) is 0.773. The monoisotopic (exact) mass is 368 g/mol. The van der Waals surface area contributed by atoms with E-state index in [-0.39, 0.29) is 11.9 Å². The standard InChI is InChI=1S/C22H28N2O3/c1-3-27-20-8-6-7-18(15-20)22(25)23-16-21(24-13-4-5-14-24)17-9-11-19(26-2)12-10-17/h6-12,15,21H,3-5,13-14,16H2,1-2H3,(H,23,25). The molecule has 1 N–H and O–H groups in total. The highest BCUT2D eigenvalue weighted by Gasteiger charge is 2.24. The summed E-state index contributed by atoms with van der Waals surface area (Å²) in [6, 6.07) is 15.6. The highest BCUT2D eigenvalue weighted by molar-refractivity contribution is 5.94. The maximum atomic E-state index is 12.6. The van der Waals surface area contributed by atoms with Gasteiger partial charge in [0, 0.05) is 12.1 Å². The second kappa shape index (κ2) is 9.42. The molecule has 2 aromatic rings. The van der Waals surface area contributed by atoms with E-state index >= 15 is 0 Å². The maximum Gasteiger partial charge on any atom is 0.251 e. The molecule has 1 aliphatic heterocycles. The van der Waals surface area contributed by atoms with Gasteiger partial charge in [-0.15, -0.1) is 0 Å². The highest BCUT2D eigenvalue weighted by atomic mass is 16.5. The zero-order chi connectivity index (χ0) is 19.1. The van der Waals surface area contributed by atoms with Crippen LogP contribution in [0.2, 0.25) is 0 Å². The number of hydrogen-bond donors (Lipinski definition) is 1. The highest BCUT2D eigenvalue weighted by Crippen LogP contribution is 2.26. The predicted molar refractivity (Wildman–Crippen MR) is 106 cm³/mol. The molecule has 0 aliphatic carbocycles. The number of amides is 1. The maximum absolute atomic E-state index is 12.6. The van der Waals surface area contributed by atoms with Crippen LogP contribution in [0, 0.1) is 0 Å². The number of methoxy groups -OCH3 is 1. The molecule has 0 bridgehead atoms. The Morgan fingerprint density at radius 1 is 1.11 bits per heavy atom. The van der Waals surface area contributed by atoms with Crippen molar-refractivity contribution in [3.8, 4) is 11.5 Å². The fourth-order valence-electron chi connectivity index (χ4n) is 3.52. The molecule has 1 amide bonds. The fourth-order valence-corrected chi connectivity index (χ4v) is 3.52. The van der Waals surface area contributed by atoms with Crippen molar-refractivity contribution >= 4 is 5.91 Å². The minimum atomic E-state index is -0.0748. The van der Waals surface area contributed by atoms with Crippen LogP contribution in [0.25, 0.3) is 0 Å². The van der Waals surface area contributed by atoms with Gasteiger partial charge in [-0.05, 0) is 68.8 Å². The summed E-state index contributed by atoms with van der Waals surface area (Å²) in [7, 11) is 1.67. The van der Waals surface area contributed by atoms with E-state index in [1.165, 1.54) is 18.4 Å². The number of rotatable bonds is 8. The lowest BCUT2D eigenvalue weighted by Crippen LogP contribution is -2.36. The lowest BCUT2D eigenvalue weighted by Gasteiger charge is -2.28. The van der Waals surface area contributed by atoms with Crippen molar-refractivity contribution in [1.82, 2.24) is 10.2 Å². The summed E-state index contributed by atoms with van der Waals surface area (Å²) in [6.07, 6.45) is 2.41. The van der Waals surface area contributed by atoms with Crippen LogP contribution in [0.1, 0.15) is 41.7 Å². The van der Waals surface area contributed by atoms with Crippen LogP contribution in [0.15, 0.2) is 48.5 Å². The van der Waals surface area contributed by atoms with Gasteiger partial charge in [-0.1, -0.05) is 18.2 Å². The predicted octanol–water partition coefficient (Wildman–Crippen LogP) is 3.66. The van der Waals surface area contributed by atoms with Crippen LogP contribution < -0.4 is 14.8 Å². The molecular weight excluding hydrogens is 340 g/mol. The lowest BCUT2D eigenvalue weighted by molar-refractivity contribution is 0.0937. The first-order valence-electron chi connectivity index (χ1n) is 9.60. The number of nitrogens with zero attached hydrogens (tertiary/aromatic N) is 1. The zero-order valence-electron chi connectivity index (χ0n) is 16.1. The first-order chi connectivity index (χ1) is 13.2. The molecule has 5 heteroatoms. The molecule has 1 atom stereocenters. The molecule has 5 nitrogen and oxygen atoms in total. The second-order valence-electron chi connectivity index (χ2n) is 6.70. The Hall–Kier alpha value is -2.53. The Morgan fingerprint density at radius 2 is 1.85 bits per heavy atom. The van der Waals surface area contributed by atoms with Gasteiger partial charge in [-0.3, -0.25) is 9.69 Å². The second-order valence-corrected chi connectivity index (χ2v) is 6.70. The van der Waals surface area contributed by atoms with Crippen molar-refractivity contribution < 1.29 is 14.3 Å². The number of benzene rings is 2. The van der Waals surface area contributed by atoms with Crippen LogP contribution in [0.3, 0.4) is 0 Å². The van der Waals surface area contributed by atoms with Gasteiger partial charge < -0.3 is 14.8 Å². The Kier molecular flexibility index (Phi) is 6.71. The van der Waals surface area contributed by atoms with Gasteiger partial charge in [0.05, 0.1) is 19.8 Å². The number of ether oxygens (including phenoxy) is 2. The Bertz CT molecular complexity index is 739. The molecular formula is C22H28N2O3. The summed E-state index contributed by atoms with van der Waals surface area (Å²) in [5.74, 6) is 1.49. The SMILES string of the molecule is CCOc1cccc(C(=O)NCC(c2ccc(OC)cc2)N2CCCC2)c1. The molecule has 144 valence electrons. The third-order valence-corrected chi connectivity index (χ3v) is 4.95. The Labute approximate surface area is 161 Å². The molecule has 1 fully saturated rings. The summed E-state index contributed by atoms with van der Waals surface area (Å²) in [4.78, 5) is 15.1. The van der Waals surface area contributed by atoms with Crippen molar-refractivity contribution in [2.45, 2.75) is 25.8 Å². The summed E-state index contributed by atoms with van der Waals surface area (Å²) in [6.45, 7) is 5.21. The summed E-state index contributed by atoms with van der Waals surface area (Å²) < 4.78 is 10.8. The number of hydrogen-bond acceptors (Lipinski definition) is 4. The molecule has 0 radical (unpaired) electrons. The van der Waals surface area contributed by atoms with Gasteiger partial charge in [-0.25, -0.2) is 0 Å². The molecule has 1 heterocycles. The zero-order valence-corrected chi connectivity index (χ0v) is 16.1. The molecule has 27 heavy (non-hydrogen) atoms. The van der Waals surface area contributed by atoms with E-state index in [1.807, 2.05) is 37.3 Å². The van der Waals surface area contributed by atoms with Crippen molar-refractivity contribution in [2.75, 3.05) is 33.4 Å². The van der Waals surface area contributed by atoms with Gasteiger partial charge in [0.2, 0.25) is 0 Å². The van der Waals surface area contributed by atoms with Crippen molar-refractivity contribution in [3.63, 3.8) is 0 Å². The van der Waals surface area contributed by atoms with Crippen molar-refractivity contribution in [1.29, 1.82) is 0 Å². The third kappa shape index (κ3) is 5.01. The molecule has 1 saturated heterocycles. The van der Waals surface area contributed by atoms with Crippen LogP contribution >= 0.6 is 0 Å². The Balaban J connectivity index is 1.70. The Morgan fingerprint density at radius 3 is 2.52 bits per heavy atom. The molecule has 3 rings (SSSR count).